The molecule has 0 fully saturated rings. The van der Waals surface area contributed by atoms with Crippen LogP contribution in [0.1, 0.15) is 28.7 Å². The molecule has 6 nitrogen and oxygen atoms in total. The zero-order chi connectivity index (χ0) is 29.9. The molecule has 9 aromatic rings. The molecule has 0 spiro atoms. The molecule has 6 aromatic carbocycles. The summed E-state index contributed by atoms with van der Waals surface area (Å²) in [6.45, 7) is 5.87. The van der Waals surface area contributed by atoms with Crippen molar-refractivity contribution in [2.75, 3.05) is 0 Å². The van der Waals surface area contributed by atoms with Gasteiger partial charge in [-0.15, -0.1) is 0 Å². The minimum atomic E-state index is -0.102. The van der Waals surface area contributed by atoms with E-state index in [-0.39, 0.29) is 5.56 Å². The van der Waals surface area contributed by atoms with Crippen LogP contribution in [0.4, 0.5) is 0 Å². The number of hydrogen-bond acceptors (Lipinski definition) is 4. The van der Waals surface area contributed by atoms with Crippen molar-refractivity contribution in [2.45, 2.75) is 6.92 Å². The van der Waals surface area contributed by atoms with Crippen LogP contribution in [-0.4, -0.2) is 25.2 Å². The lowest BCUT2D eigenvalue weighted by Gasteiger charge is -2.19. The fraction of sp³-hybridized carbons (Fsp3) is 0.0526. The number of pyridine rings is 1. The van der Waals surface area contributed by atoms with Gasteiger partial charge in [0.1, 0.15) is 11.5 Å². The summed E-state index contributed by atoms with van der Waals surface area (Å²) < 4.78 is 3.79. The number of carbonyl (C=O) groups is 1. The Hall–Kier alpha value is -5.88. The summed E-state index contributed by atoms with van der Waals surface area (Å²) in [5.74, 6) is 0.807. The highest BCUT2D eigenvalue weighted by Crippen LogP contribution is 2.46. The number of aromatic nitrogens is 4. The third-order valence-electron chi connectivity index (χ3n) is 9.22. The van der Waals surface area contributed by atoms with Crippen LogP contribution in [0.25, 0.3) is 94.1 Å². The molecular weight excluding hydrogens is 544 g/mol. The van der Waals surface area contributed by atoms with E-state index >= 15 is 0 Å². The van der Waals surface area contributed by atoms with Crippen molar-refractivity contribution >= 4 is 89.0 Å². The smallest absolute Gasteiger partial charge is 0.264 e. The number of benzene rings is 6. The maximum Gasteiger partial charge on any atom is 0.264 e. The average Bonchev–Trinajstić information content (AvgIpc) is 3.60. The minimum Gasteiger partial charge on any atom is -0.327 e. The SMILES string of the molecule is C=Cc1nc2c3ccc4c5ccc(C=O)c6c(-c7nc8ccccc8n7C)ccc(c7ccc(c(=O)n2c1/C=C\C)c3c74)c65. The first-order chi connectivity index (χ1) is 21.5. The molecular formula is C38H24N4O2. The number of para-hydroxylation sites is 2. The zero-order valence-electron chi connectivity index (χ0n) is 24.1. The van der Waals surface area contributed by atoms with Gasteiger partial charge in [-0.25, -0.2) is 9.97 Å². The van der Waals surface area contributed by atoms with Crippen molar-refractivity contribution < 1.29 is 4.79 Å². The van der Waals surface area contributed by atoms with Crippen molar-refractivity contribution in [1.82, 2.24) is 18.9 Å². The van der Waals surface area contributed by atoms with E-state index in [0.29, 0.717) is 22.3 Å². The summed E-state index contributed by atoms with van der Waals surface area (Å²) in [7, 11) is 2.01. The number of nitrogens with zero attached hydrogens (tertiary/aromatic N) is 4. The summed E-state index contributed by atoms with van der Waals surface area (Å²) in [5, 5.41) is 9.51. The molecule has 3 aromatic heterocycles. The lowest BCUT2D eigenvalue weighted by atomic mass is 9.85. The molecule has 9 rings (SSSR count). The van der Waals surface area contributed by atoms with Crippen LogP contribution in [0.15, 0.2) is 90.2 Å². The van der Waals surface area contributed by atoms with E-state index in [1.54, 1.807) is 10.5 Å². The molecule has 44 heavy (non-hydrogen) atoms. The van der Waals surface area contributed by atoms with Gasteiger partial charge in [-0.05, 0) is 81.7 Å². The summed E-state index contributed by atoms with van der Waals surface area (Å²) >= 11 is 0. The van der Waals surface area contributed by atoms with Crippen LogP contribution in [0.5, 0.6) is 0 Å². The van der Waals surface area contributed by atoms with E-state index in [9.17, 15) is 9.59 Å². The number of fused-ring (bicyclic) bond motifs is 5. The number of rotatable bonds is 4. The number of aryl methyl sites for hydroxylation is 1. The fourth-order valence-electron chi connectivity index (χ4n) is 7.38. The highest BCUT2D eigenvalue weighted by molar-refractivity contribution is 6.39. The topological polar surface area (TPSA) is 69.3 Å². The van der Waals surface area contributed by atoms with Crippen molar-refractivity contribution in [2.24, 2.45) is 7.05 Å². The van der Waals surface area contributed by atoms with Crippen LogP contribution in [0.2, 0.25) is 0 Å². The Morgan fingerprint density at radius 2 is 1.39 bits per heavy atom. The highest BCUT2D eigenvalue weighted by atomic mass is 16.1. The maximum absolute atomic E-state index is 14.1. The van der Waals surface area contributed by atoms with Gasteiger partial charge in [0.25, 0.3) is 5.56 Å². The Bertz CT molecular complexity index is 2780. The molecule has 0 aliphatic carbocycles. The van der Waals surface area contributed by atoms with Gasteiger partial charge >= 0.3 is 0 Å². The molecule has 0 aliphatic heterocycles. The summed E-state index contributed by atoms with van der Waals surface area (Å²) in [6.07, 6.45) is 6.45. The number of carbonyl (C=O) groups excluding carboxylic acids is 1. The van der Waals surface area contributed by atoms with Gasteiger partial charge in [-0.1, -0.05) is 55.1 Å². The molecule has 0 N–H and O–H groups in total. The summed E-state index contributed by atoms with van der Waals surface area (Å²) in [4.78, 5) is 36.5. The van der Waals surface area contributed by atoms with E-state index in [4.69, 9.17) is 9.97 Å². The van der Waals surface area contributed by atoms with E-state index in [2.05, 4.69) is 47.5 Å². The quantitative estimate of drug-likeness (QED) is 0.121. The van der Waals surface area contributed by atoms with Crippen LogP contribution >= 0.6 is 0 Å². The van der Waals surface area contributed by atoms with Gasteiger partial charge in [0, 0.05) is 39.7 Å². The highest BCUT2D eigenvalue weighted by Gasteiger charge is 2.24. The Balaban J connectivity index is 1.48. The molecule has 0 aliphatic rings. The average molecular weight is 569 g/mol. The molecule has 208 valence electrons. The Morgan fingerprint density at radius 3 is 2.09 bits per heavy atom. The van der Waals surface area contributed by atoms with Crippen molar-refractivity contribution in [3.63, 3.8) is 0 Å². The first-order valence-corrected chi connectivity index (χ1v) is 14.6. The third kappa shape index (κ3) is 2.89. The lowest BCUT2D eigenvalue weighted by molar-refractivity contribution is 0.112. The van der Waals surface area contributed by atoms with Gasteiger partial charge in [-0.3, -0.25) is 14.0 Å². The predicted octanol–water partition coefficient (Wildman–Crippen LogP) is 8.38. The Morgan fingerprint density at radius 1 is 0.750 bits per heavy atom. The second kappa shape index (κ2) is 8.58. The van der Waals surface area contributed by atoms with Crippen molar-refractivity contribution in [3.8, 4) is 11.4 Å². The molecule has 0 atom stereocenters. The Labute approximate surface area is 250 Å². The molecule has 0 saturated heterocycles. The number of allylic oxidation sites excluding steroid dienone is 1. The van der Waals surface area contributed by atoms with Crippen molar-refractivity contribution in [3.05, 3.63) is 113 Å². The monoisotopic (exact) mass is 568 g/mol. The third-order valence-corrected chi connectivity index (χ3v) is 9.22. The fourth-order valence-corrected chi connectivity index (χ4v) is 7.38. The number of hydrogen-bond donors (Lipinski definition) is 0. The van der Waals surface area contributed by atoms with E-state index in [0.717, 1.165) is 82.9 Å². The first-order valence-electron chi connectivity index (χ1n) is 14.6. The van der Waals surface area contributed by atoms with E-state index in [1.165, 1.54) is 0 Å². The van der Waals surface area contributed by atoms with E-state index < -0.39 is 0 Å². The molecule has 0 saturated carbocycles. The Kier molecular flexibility index (Phi) is 4.82. The lowest BCUT2D eigenvalue weighted by Crippen LogP contribution is -2.15. The first kappa shape index (κ1) is 24.7. The van der Waals surface area contributed by atoms with Gasteiger partial charge in [0.2, 0.25) is 0 Å². The van der Waals surface area contributed by atoms with Crippen molar-refractivity contribution in [1.29, 1.82) is 0 Å². The molecule has 0 unspecified atom stereocenters. The minimum absolute atomic E-state index is 0.102. The van der Waals surface area contributed by atoms with Gasteiger partial charge in [-0.2, -0.15) is 0 Å². The normalized spacial score (nSPS) is 12.5. The summed E-state index contributed by atoms with van der Waals surface area (Å²) in [6, 6.07) is 24.4. The predicted molar refractivity (Wildman–Crippen MR) is 181 cm³/mol. The molecule has 0 radical (unpaired) electrons. The largest absolute Gasteiger partial charge is 0.327 e. The number of aldehydes is 1. The van der Waals surface area contributed by atoms with Crippen LogP contribution in [-0.2, 0) is 7.05 Å². The molecule has 0 amide bonds. The van der Waals surface area contributed by atoms with Crippen LogP contribution < -0.4 is 5.56 Å². The number of imidazole rings is 2. The standard InChI is InChI=1S/C38H24N4O2/c1-4-8-31-28(5-2)39-37-26-17-14-23-21-12-11-20(19-43)32-25(36-40-29-9-6-7-10-30(29)41(36)3)16-13-22(33(21)32)24-15-18-27(35(26)34(23)24)38(44)42(31)37/h4-19H,2H2,1,3H3/b8-4-. The van der Waals surface area contributed by atoms with Crippen LogP contribution in [0.3, 0.4) is 0 Å². The maximum atomic E-state index is 14.1. The second-order valence-electron chi connectivity index (χ2n) is 11.3. The van der Waals surface area contributed by atoms with Gasteiger partial charge in [0.05, 0.1) is 22.4 Å². The van der Waals surface area contributed by atoms with Gasteiger partial charge < -0.3 is 4.57 Å². The van der Waals surface area contributed by atoms with E-state index in [1.807, 2.05) is 62.5 Å². The zero-order valence-corrected chi connectivity index (χ0v) is 24.1. The molecule has 6 heteroatoms. The summed E-state index contributed by atoms with van der Waals surface area (Å²) in [5.41, 5.74) is 5.39. The molecule has 0 bridgehead atoms. The van der Waals surface area contributed by atoms with Gasteiger partial charge in [0.15, 0.2) is 6.29 Å². The molecule has 3 heterocycles. The van der Waals surface area contributed by atoms with Crippen LogP contribution in [0, 0.1) is 0 Å². The second-order valence-corrected chi connectivity index (χ2v) is 11.3.